The lowest BCUT2D eigenvalue weighted by atomic mass is 10.1. The van der Waals surface area contributed by atoms with Crippen LogP contribution in [0.5, 0.6) is 11.5 Å². The summed E-state index contributed by atoms with van der Waals surface area (Å²) in [7, 11) is 0. The summed E-state index contributed by atoms with van der Waals surface area (Å²) in [5.74, 6) is 0.976. The van der Waals surface area contributed by atoms with Gasteiger partial charge in [0, 0.05) is 24.8 Å². The van der Waals surface area contributed by atoms with Crippen LogP contribution in [0.1, 0.15) is 18.1 Å². The third-order valence-electron chi connectivity index (χ3n) is 4.66. The summed E-state index contributed by atoms with van der Waals surface area (Å²) in [4.78, 5) is 25.8. The molecule has 0 fully saturated rings. The molecule has 2 aliphatic heterocycles. The molecule has 0 unspecified atom stereocenters. The lowest BCUT2D eigenvalue weighted by Gasteiger charge is -2.20. The van der Waals surface area contributed by atoms with E-state index < -0.39 is 0 Å². The Morgan fingerprint density at radius 3 is 2.81 bits per heavy atom. The Bertz CT molecular complexity index is 928. The van der Waals surface area contributed by atoms with Gasteiger partial charge in [-0.25, -0.2) is 0 Å². The average Bonchev–Trinajstić information content (AvgIpc) is 3.05. The van der Waals surface area contributed by atoms with E-state index in [4.69, 9.17) is 21.1 Å². The van der Waals surface area contributed by atoms with E-state index in [1.54, 1.807) is 24.0 Å². The van der Waals surface area contributed by atoms with Crippen molar-refractivity contribution < 1.29 is 19.1 Å². The van der Waals surface area contributed by atoms with E-state index in [1.807, 2.05) is 18.2 Å². The monoisotopic (exact) mass is 386 g/mol. The fraction of sp³-hybridized carbons (Fsp3) is 0.300. The molecule has 0 aliphatic carbocycles. The standard InChI is InChI=1S/C20H19ClN2O4/c1-12(24)23-5-4-14-11-15(2-3-17(14)23)22-19(25)10-13-8-16(21)20-18(9-13)26-6-7-27-20/h2-3,8-9,11H,4-7,10H2,1H3,(H,22,25). The van der Waals surface area contributed by atoms with Gasteiger partial charge in [0.1, 0.15) is 13.2 Å². The van der Waals surface area contributed by atoms with E-state index in [0.29, 0.717) is 42.0 Å². The minimum absolute atomic E-state index is 0.0287. The molecule has 0 bridgehead atoms. The summed E-state index contributed by atoms with van der Waals surface area (Å²) in [6.45, 7) is 3.17. The van der Waals surface area contributed by atoms with Crippen LogP contribution in [-0.2, 0) is 22.4 Å². The number of hydrogen-bond acceptors (Lipinski definition) is 4. The molecule has 0 atom stereocenters. The molecule has 2 heterocycles. The van der Waals surface area contributed by atoms with Crippen LogP contribution in [0.2, 0.25) is 5.02 Å². The summed E-state index contributed by atoms with van der Waals surface area (Å²) >= 11 is 6.23. The van der Waals surface area contributed by atoms with Gasteiger partial charge in [0.15, 0.2) is 11.5 Å². The topological polar surface area (TPSA) is 67.9 Å². The fourth-order valence-corrected chi connectivity index (χ4v) is 3.75. The smallest absolute Gasteiger partial charge is 0.228 e. The summed E-state index contributed by atoms with van der Waals surface area (Å²) in [6, 6.07) is 9.12. The van der Waals surface area contributed by atoms with Crippen molar-refractivity contribution in [1.82, 2.24) is 0 Å². The highest BCUT2D eigenvalue weighted by atomic mass is 35.5. The molecule has 6 nitrogen and oxygen atoms in total. The molecule has 2 aromatic rings. The molecule has 7 heteroatoms. The van der Waals surface area contributed by atoms with E-state index in [1.165, 1.54) is 0 Å². The summed E-state index contributed by atoms with van der Waals surface area (Å²) in [5.41, 5.74) is 3.45. The molecule has 1 N–H and O–H groups in total. The van der Waals surface area contributed by atoms with Gasteiger partial charge in [0.25, 0.3) is 0 Å². The predicted octanol–water partition coefficient (Wildman–Crippen LogP) is 3.20. The number of halogens is 1. The van der Waals surface area contributed by atoms with Gasteiger partial charge in [-0.1, -0.05) is 11.6 Å². The van der Waals surface area contributed by atoms with Crippen LogP contribution in [0.15, 0.2) is 30.3 Å². The molecule has 0 radical (unpaired) electrons. The number of nitrogens with one attached hydrogen (secondary N) is 1. The second-order valence-electron chi connectivity index (χ2n) is 6.59. The van der Waals surface area contributed by atoms with Crippen LogP contribution in [0.25, 0.3) is 0 Å². The summed E-state index contributed by atoms with van der Waals surface area (Å²) in [5, 5.41) is 3.35. The maximum atomic E-state index is 12.4. The number of carbonyl (C=O) groups is 2. The minimum atomic E-state index is -0.149. The number of benzene rings is 2. The van der Waals surface area contributed by atoms with E-state index in [-0.39, 0.29) is 18.2 Å². The van der Waals surface area contributed by atoms with Crippen LogP contribution >= 0.6 is 11.6 Å². The van der Waals surface area contributed by atoms with E-state index in [2.05, 4.69) is 5.32 Å². The molecular weight excluding hydrogens is 368 g/mol. The Kier molecular flexibility index (Phi) is 4.66. The largest absolute Gasteiger partial charge is 0.486 e. The van der Waals surface area contributed by atoms with Crippen molar-refractivity contribution in [2.75, 3.05) is 30.0 Å². The third-order valence-corrected chi connectivity index (χ3v) is 4.94. The van der Waals surface area contributed by atoms with Crippen molar-refractivity contribution in [3.63, 3.8) is 0 Å². The number of hydrogen-bond donors (Lipinski definition) is 1. The van der Waals surface area contributed by atoms with Gasteiger partial charge in [0.2, 0.25) is 11.8 Å². The SMILES string of the molecule is CC(=O)N1CCc2cc(NC(=O)Cc3cc(Cl)c4c(c3)OCCO4)ccc21. The van der Waals surface area contributed by atoms with Crippen LogP contribution in [0.4, 0.5) is 11.4 Å². The van der Waals surface area contributed by atoms with Crippen molar-refractivity contribution >= 4 is 34.8 Å². The molecule has 2 aliphatic rings. The maximum Gasteiger partial charge on any atom is 0.228 e. The van der Waals surface area contributed by atoms with Gasteiger partial charge in [-0.3, -0.25) is 9.59 Å². The number of ether oxygens (including phenoxy) is 2. The molecule has 140 valence electrons. The number of anilines is 2. The maximum absolute atomic E-state index is 12.4. The van der Waals surface area contributed by atoms with Gasteiger partial charge in [-0.2, -0.15) is 0 Å². The van der Waals surface area contributed by atoms with E-state index >= 15 is 0 Å². The van der Waals surface area contributed by atoms with E-state index in [9.17, 15) is 9.59 Å². The first-order valence-electron chi connectivity index (χ1n) is 8.80. The number of fused-ring (bicyclic) bond motifs is 2. The van der Waals surface area contributed by atoms with Crippen LogP contribution in [0.3, 0.4) is 0 Å². The normalized spacial score (nSPS) is 14.7. The summed E-state index contributed by atoms with van der Waals surface area (Å²) < 4.78 is 11.0. The Balaban J connectivity index is 1.46. The molecule has 27 heavy (non-hydrogen) atoms. The number of carbonyl (C=O) groups excluding carboxylic acids is 2. The number of amides is 2. The molecule has 0 aromatic heterocycles. The fourth-order valence-electron chi connectivity index (χ4n) is 3.46. The highest BCUT2D eigenvalue weighted by Crippen LogP contribution is 2.38. The average molecular weight is 387 g/mol. The molecule has 0 saturated carbocycles. The van der Waals surface area contributed by atoms with Gasteiger partial charge in [0.05, 0.1) is 11.4 Å². The summed E-state index contributed by atoms with van der Waals surface area (Å²) in [6.07, 6.45) is 0.962. The first-order valence-corrected chi connectivity index (χ1v) is 9.18. The van der Waals surface area contributed by atoms with Gasteiger partial charge >= 0.3 is 0 Å². The van der Waals surface area contributed by atoms with Crippen LogP contribution < -0.4 is 19.7 Å². The Morgan fingerprint density at radius 1 is 1.19 bits per heavy atom. The third kappa shape index (κ3) is 3.57. The highest BCUT2D eigenvalue weighted by Gasteiger charge is 2.22. The lowest BCUT2D eigenvalue weighted by Crippen LogP contribution is -2.25. The Hall–Kier alpha value is -2.73. The molecule has 4 rings (SSSR count). The first-order chi connectivity index (χ1) is 13.0. The molecular formula is C20H19ClN2O4. The van der Waals surface area contributed by atoms with E-state index in [0.717, 1.165) is 23.2 Å². The molecule has 0 spiro atoms. The molecule has 2 aromatic carbocycles. The number of rotatable bonds is 3. The Labute approximate surface area is 162 Å². The van der Waals surface area contributed by atoms with Gasteiger partial charge in [-0.05, 0) is 47.9 Å². The zero-order chi connectivity index (χ0) is 19.0. The van der Waals surface area contributed by atoms with Crippen molar-refractivity contribution in [2.45, 2.75) is 19.8 Å². The second-order valence-corrected chi connectivity index (χ2v) is 7.00. The van der Waals surface area contributed by atoms with Crippen molar-refractivity contribution in [1.29, 1.82) is 0 Å². The van der Waals surface area contributed by atoms with Crippen LogP contribution in [-0.4, -0.2) is 31.6 Å². The zero-order valence-corrected chi connectivity index (χ0v) is 15.6. The quantitative estimate of drug-likeness (QED) is 0.879. The molecule has 0 saturated heterocycles. The number of nitrogens with zero attached hydrogens (tertiary/aromatic N) is 1. The van der Waals surface area contributed by atoms with Crippen molar-refractivity contribution in [3.05, 3.63) is 46.5 Å². The Morgan fingerprint density at radius 2 is 2.00 bits per heavy atom. The predicted molar refractivity (Wildman–Crippen MR) is 103 cm³/mol. The van der Waals surface area contributed by atoms with Gasteiger partial charge < -0.3 is 19.7 Å². The van der Waals surface area contributed by atoms with Crippen molar-refractivity contribution in [2.24, 2.45) is 0 Å². The molecule has 2 amide bonds. The lowest BCUT2D eigenvalue weighted by molar-refractivity contribution is -0.117. The minimum Gasteiger partial charge on any atom is -0.486 e. The first kappa shape index (κ1) is 17.7. The van der Waals surface area contributed by atoms with Gasteiger partial charge in [-0.15, -0.1) is 0 Å². The highest BCUT2D eigenvalue weighted by molar-refractivity contribution is 6.32. The van der Waals surface area contributed by atoms with Crippen molar-refractivity contribution in [3.8, 4) is 11.5 Å². The second kappa shape index (κ2) is 7.12. The zero-order valence-electron chi connectivity index (χ0n) is 14.9. The van der Waals surface area contributed by atoms with Crippen LogP contribution in [0, 0.1) is 0 Å².